The first kappa shape index (κ1) is 15.7. The topological polar surface area (TPSA) is 48.3 Å². The fraction of sp³-hybridized carbons (Fsp3) is 0.588. The van der Waals surface area contributed by atoms with E-state index < -0.39 is 0 Å². The molecule has 0 radical (unpaired) electrons. The van der Waals surface area contributed by atoms with Gasteiger partial charge < -0.3 is 15.0 Å². The molecule has 1 aromatic carbocycles. The van der Waals surface area contributed by atoms with Crippen LogP contribution in [0.25, 0.3) is 0 Å². The van der Waals surface area contributed by atoms with Crippen molar-refractivity contribution < 1.29 is 4.74 Å². The van der Waals surface area contributed by atoms with Crippen LogP contribution in [0.3, 0.4) is 0 Å². The highest BCUT2D eigenvalue weighted by atomic mass is 16.5. The number of rotatable bonds is 8. The van der Waals surface area contributed by atoms with Crippen LogP contribution in [-0.4, -0.2) is 26.2 Å². The van der Waals surface area contributed by atoms with Gasteiger partial charge in [-0.25, -0.2) is 0 Å². The van der Waals surface area contributed by atoms with Crippen molar-refractivity contribution in [1.29, 1.82) is 5.26 Å². The highest BCUT2D eigenvalue weighted by Crippen LogP contribution is 2.39. The van der Waals surface area contributed by atoms with Crippen molar-refractivity contribution in [1.82, 2.24) is 5.32 Å². The molecule has 0 aromatic heterocycles. The Labute approximate surface area is 127 Å². The lowest BCUT2D eigenvalue weighted by atomic mass is 10.0. The van der Waals surface area contributed by atoms with Crippen molar-refractivity contribution in [3.8, 4) is 11.8 Å². The van der Waals surface area contributed by atoms with Gasteiger partial charge in [0.1, 0.15) is 5.75 Å². The molecule has 0 heterocycles. The molecular formula is C17H25N3O. The second-order valence-corrected chi connectivity index (χ2v) is 5.51. The van der Waals surface area contributed by atoms with Crippen molar-refractivity contribution >= 4 is 5.69 Å². The summed E-state index contributed by atoms with van der Waals surface area (Å²) in [6, 6.07) is 9.28. The zero-order chi connectivity index (χ0) is 15.2. The zero-order valence-electron chi connectivity index (χ0n) is 13.2. The quantitative estimate of drug-likeness (QED) is 0.797. The molecule has 1 fully saturated rings. The van der Waals surface area contributed by atoms with E-state index in [0.717, 1.165) is 18.8 Å². The second kappa shape index (κ2) is 7.33. The number of ether oxygens (including phenoxy) is 1. The molecule has 0 aliphatic heterocycles. The smallest absolute Gasteiger partial charge is 0.125 e. The van der Waals surface area contributed by atoms with Crippen molar-refractivity contribution in [3.05, 3.63) is 23.8 Å². The van der Waals surface area contributed by atoms with E-state index in [1.165, 1.54) is 24.1 Å². The molecule has 1 N–H and O–H groups in total. The lowest BCUT2D eigenvalue weighted by Gasteiger charge is -2.29. The molecule has 114 valence electrons. The van der Waals surface area contributed by atoms with Gasteiger partial charge in [0.25, 0.3) is 0 Å². The van der Waals surface area contributed by atoms with Crippen molar-refractivity contribution in [3.63, 3.8) is 0 Å². The fourth-order valence-corrected chi connectivity index (χ4v) is 2.86. The van der Waals surface area contributed by atoms with Gasteiger partial charge in [0.05, 0.1) is 19.6 Å². The molecule has 1 aliphatic carbocycles. The largest absolute Gasteiger partial charge is 0.496 e. The minimum Gasteiger partial charge on any atom is -0.496 e. The normalized spacial score (nSPS) is 15.3. The Morgan fingerprint density at radius 3 is 2.81 bits per heavy atom. The minimum atomic E-state index is 0.226. The van der Waals surface area contributed by atoms with Crippen LogP contribution in [0.15, 0.2) is 18.2 Å². The molecule has 2 rings (SSSR count). The molecule has 1 saturated carbocycles. The first-order valence-electron chi connectivity index (χ1n) is 7.76. The van der Waals surface area contributed by atoms with Crippen LogP contribution >= 0.6 is 0 Å². The number of nitriles is 1. The van der Waals surface area contributed by atoms with Crippen LogP contribution in [0.5, 0.6) is 5.75 Å². The van der Waals surface area contributed by atoms with Gasteiger partial charge in [0.2, 0.25) is 0 Å². The third-order valence-electron chi connectivity index (χ3n) is 3.97. The average Bonchev–Trinajstić information content (AvgIpc) is 3.32. The molecule has 1 aliphatic rings. The number of methoxy groups -OCH3 is 1. The Balaban J connectivity index is 2.38. The van der Waals surface area contributed by atoms with Crippen LogP contribution < -0.4 is 15.0 Å². The van der Waals surface area contributed by atoms with E-state index in [0.29, 0.717) is 12.5 Å². The molecule has 21 heavy (non-hydrogen) atoms. The van der Waals surface area contributed by atoms with E-state index >= 15 is 0 Å². The maximum atomic E-state index is 8.91. The number of hydrogen-bond acceptors (Lipinski definition) is 4. The zero-order valence-corrected chi connectivity index (χ0v) is 13.2. The van der Waals surface area contributed by atoms with E-state index in [-0.39, 0.29) is 6.04 Å². The molecule has 0 saturated heterocycles. The Kier molecular flexibility index (Phi) is 5.46. The standard InChI is InChI=1S/C17H25N3O/c1-4-19-13(2)17-15(7-5-8-16(17)21-3)20(12-6-11-18)14-9-10-14/h5,7-8,13-14,19H,4,6,9-10,12H2,1-3H3. The molecule has 1 atom stereocenters. The predicted molar refractivity (Wildman–Crippen MR) is 85.7 cm³/mol. The second-order valence-electron chi connectivity index (χ2n) is 5.51. The number of anilines is 1. The molecule has 0 amide bonds. The van der Waals surface area contributed by atoms with Gasteiger partial charge >= 0.3 is 0 Å². The highest BCUT2D eigenvalue weighted by Gasteiger charge is 2.31. The predicted octanol–water partition coefficient (Wildman–Crippen LogP) is 3.25. The summed E-state index contributed by atoms with van der Waals surface area (Å²) in [5.74, 6) is 0.920. The summed E-state index contributed by atoms with van der Waals surface area (Å²) in [4.78, 5) is 2.38. The molecule has 4 nitrogen and oxygen atoms in total. The summed E-state index contributed by atoms with van der Waals surface area (Å²) in [5.41, 5.74) is 2.41. The van der Waals surface area contributed by atoms with Crippen molar-refractivity contribution in [2.75, 3.05) is 25.1 Å². The van der Waals surface area contributed by atoms with Crippen LogP contribution in [-0.2, 0) is 0 Å². The first-order chi connectivity index (χ1) is 10.2. The van der Waals surface area contributed by atoms with E-state index in [1.54, 1.807) is 7.11 Å². The van der Waals surface area contributed by atoms with Gasteiger partial charge in [-0.1, -0.05) is 13.0 Å². The molecule has 1 unspecified atom stereocenters. The summed E-state index contributed by atoms with van der Waals surface area (Å²) in [6.45, 7) is 5.99. The van der Waals surface area contributed by atoms with Gasteiger partial charge in [0.15, 0.2) is 0 Å². The lowest BCUT2D eigenvalue weighted by molar-refractivity contribution is 0.402. The van der Waals surface area contributed by atoms with E-state index in [1.807, 2.05) is 12.1 Å². The number of benzene rings is 1. The molecular weight excluding hydrogens is 262 g/mol. The van der Waals surface area contributed by atoms with Gasteiger partial charge in [0, 0.05) is 29.9 Å². The van der Waals surface area contributed by atoms with Gasteiger partial charge in [-0.15, -0.1) is 0 Å². The highest BCUT2D eigenvalue weighted by molar-refractivity contribution is 5.62. The third-order valence-corrected chi connectivity index (χ3v) is 3.97. The number of nitrogens with one attached hydrogen (secondary N) is 1. The summed E-state index contributed by atoms with van der Waals surface area (Å²) >= 11 is 0. The maximum absolute atomic E-state index is 8.91. The van der Waals surface area contributed by atoms with Crippen LogP contribution in [0.2, 0.25) is 0 Å². The summed E-state index contributed by atoms with van der Waals surface area (Å²) < 4.78 is 5.58. The fourth-order valence-electron chi connectivity index (χ4n) is 2.86. The Bertz CT molecular complexity index is 505. The summed E-state index contributed by atoms with van der Waals surface area (Å²) in [5, 5.41) is 12.4. The maximum Gasteiger partial charge on any atom is 0.125 e. The third kappa shape index (κ3) is 3.68. The van der Waals surface area contributed by atoms with Gasteiger partial charge in [-0.2, -0.15) is 5.26 Å². The number of hydrogen-bond donors (Lipinski definition) is 1. The number of nitrogens with zero attached hydrogens (tertiary/aromatic N) is 2. The van der Waals surface area contributed by atoms with E-state index in [2.05, 4.69) is 36.2 Å². The Morgan fingerprint density at radius 1 is 1.48 bits per heavy atom. The Hall–Kier alpha value is -1.73. The Morgan fingerprint density at radius 2 is 2.24 bits per heavy atom. The van der Waals surface area contributed by atoms with Crippen LogP contribution in [0.1, 0.15) is 44.7 Å². The lowest BCUT2D eigenvalue weighted by Crippen LogP contribution is -2.29. The SMILES string of the molecule is CCNC(C)c1c(OC)cccc1N(CCC#N)C1CC1. The van der Waals surface area contributed by atoms with Crippen LogP contribution in [0, 0.1) is 11.3 Å². The van der Waals surface area contributed by atoms with Crippen molar-refractivity contribution in [2.45, 2.75) is 45.2 Å². The van der Waals surface area contributed by atoms with Crippen molar-refractivity contribution in [2.24, 2.45) is 0 Å². The first-order valence-corrected chi connectivity index (χ1v) is 7.76. The van der Waals surface area contributed by atoms with Gasteiger partial charge in [-0.05, 0) is 38.4 Å². The van der Waals surface area contributed by atoms with Gasteiger partial charge in [-0.3, -0.25) is 0 Å². The van der Waals surface area contributed by atoms with E-state index in [9.17, 15) is 0 Å². The molecule has 0 bridgehead atoms. The molecule has 0 spiro atoms. The minimum absolute atomic E-state index is 0.226. The summed E-state index contributed by atoms with van der Waals surface area (Å²) in [7, 11) is 1.72. The summed E-state index contributed by atoms with van der Waals surface area (Å²) in [6.07, 6.45) is 3.00. The molecule has 4 heteroatoms. The molecule has 1 aromatic rings. The monoisotopic (exact) mass is 287 g/mol. The van der Waals surface area contributed by atoms with Crippen LogP contribution in [0.4, 0.5) is 5.69 Å². The van der Waals surface area contributed by atoms with E-state index in [4.69, 9.17) is 10.00 Å². The average molecular weight is 287 g/mol.